The van der Waals surface area contributed by atoms with Crippen LogP contribution in [-0.4, -0.2) is 44.3 Å². The first-order valence-electron chi connectivity index (χ1n) is 14.8. The second-order valence-corrected chi connectivity index (χ2v) is 14.0. The number of anilines is 1. The van der Waals surface area contributed by atoms with Crippen molar-refractivity contribution in [1.29, 1.82) is 0 Å². The molecule has 7 nitrogen and oxygen atoms in total. The molecule has 0 saturated heterocycles. The monoisotopic (exact) mass is 683 g/mol. The zero-order valence-electron chi connectivity index (χ0n) is 25.8. The van der Waals surface area contributed by atoms with Gasteiger partial charge in [-0.05, 0) is 54.8 Å². The maximum Gasteiger partial charge on any atom is 0.264 e. The van der Waals surface area contributed by atoms with Gasteiger partial charge in [-0.3, -0.25) is 13.9 Å². The zero-order chi connectivity index (χ0) is 33.4. The molecular formula is C35H36Cl2FN3O4S. The highest BCUT2D eigenvalue weighted by Gasteiger charge is 2.36. The van der Waals surface area contributed by atoms with Gasteiger partial charge in [0.25, 0.3) is 10.0 Å². The minimum atomic E-state index is -4.44. The van der Waals surface area contributed by atoms with Crippen LogP contribution in [0, 0.1) is 18.7 Å². The van der Waals surface area contributed by atoms with Crippen molar-refractivity contribution < 1.29 is 22.4 Å². The Labute approximate surface area is 280 Å². The minimum Gasteiger partial charge on any atom is -0.354 e. The van der Waals surface area contributed by atoms with Gasteiger partial charge >= 0.3 is 0 Å². The lowest BCUT2D eigenvalue weighted by Gasteiger charge is -2.34. The molecule has 4 aromatic rings. The summed E-state index contributed by atoms with van der Waals surface area (Å²) < 4.78 is 44.1. The highest BCUT2D eigenvalue weighted by molar-refractivity contribution is 7.92. The Morgan fingerprint density at radius 2 is 1.46 bits per heavy atom. The molecule has 1 N–H and O–H groups in total. The Kier molecular flexibility index (Phi) is 11.8. The molecule has 0 heterocycles. The van der Waals surface area contributed by atoms with Crippen LogP contribution >= 0.6 is 23.2 Å². The van der Waals surface area contributed by atoms with Gasteiger partial charge in [0.15, 0.2) is 0 Å². The topological polar surface area (TPSA) is 86.8 Å². The van der Waals surface area contributed by atoms with E-state index in [-0.39, 0.29) is 39.5 Å². The van der Waals surface area contributed by atoms with Crippen LogP contribution in [0.25, 0.3) is 0 Å². The molecule has 0 spiro atoms. The number of sulfonamides is 1. The van der Waals surface area contributed by atoms with E-state index in [2.05, 4.69) is 5.32 Å². The summed E-state index contributed by atoms with van der Waals surface area (Å²) in [5, 5.41) is 3.45. The van der Waals surface area contributed by atoms with Gasteiger partial charge in [0.05, 0.1) is 10.6 Å². The quantitative estimate of drug-likeness (QED) is 0.164. The van der Waals surface area contributed by atoms with Gasteiger partial charge in [-0.1, -0.05) is 103 Å². The number of hydrogen-bond acceptors (Lipinski definition) is 4. The van der Waals surface area contributed by atoms with Gasteiger partial charge in [-0.15, -0.1) is 0 Å². The van der Waals surface area contributed by atoms with Crippen molar-refractivity contribution in [3.05, 3.63) is 130 Å². The van der Waals surface area contributed by atoms with Crippen LogP contribution in [0.4, 0.5) is 10.1 Å². The molecule has 0 aliphatic heterocycles. The normalized spacial score (nSPS) is 12.1. The maximum atomic E-state index is 15.3. The summed E-state index contributed by atoms with van der Waals surface area (Å²) in [5.74, 6) is -1.90. The lowest BCUT2D eigenvalue weighted by atomic mass is 10.0. The fraction of sp³-hybridized carbons (Fsp3) is 0.257. The highest BCUT2D eigenvalue weighted by Crippen LogP contribution is 2.30. The van der Waals surface area contributed by atoms with Crippen molar-refractivity contribution in [2.75, 3.05) is 17.4 Å². The molecule has 4 aromatic carbocycles. The third-order valence-corrected chi connectivity index (χ3v) is 9.84. The number of amides is 2. The largest absolute Gasteiger partial charge is 0.354 e. The van der Waals surface area contributed by atoms with Crippen molar-refractivity contribution in [2.24, 2.45) is 5.92 Å². The molecule has 0 unspecified atom stereocenters. The lowest BCUT2D eigenvalue weighted by molar-refractivity contribution is -0.140. The van der Waals surface area contributed by atoms with E-state index in [0.29, 0.717) is 12.1 Å². The van der Waals surface area contributed by atoms with E-state index in [1.807, 2.05) is 51.1 Å². The number of aryl methyl sites for hydroxylation is 1. The highest BCUT2D eigenvalue weighted by atomic mass is 35.5. The summed E-state index contributed by atoms with van der Waals surface area (Å²) in [5.41, 5.74) is 1.67. The first-order valence-corrected chi connectivity index (χ1v) is 17.0. The number of nitrogens with one attached hydrogen (secondary N) is 1. The molecule has 0 saturated carbocycles. The van der Waals surface area contributed by atoms with Crippen molar-refractivity contribution in [3.63, 3.8) is 0 Å². The average molecular weight is 685 g/mol. The maximum absolute atomic E-state index is 15.3. The zero-order valence-corrected chi connectivity index (χ0v) is 28.1. The summed E-state index contributed by atoms with van der Waals surface area (Å²) in [4.78, 5) is 29.5. The number of rotatable bonds is 13. The van der Waals surface area contributed by atoms with Crippen molar-refractivity contribution >= 4 is 50.7 Å². The average Bonchev–Trinajstić information content (AvgIpc) is 3.02. The summed E-state index contributed by atoms with van der Waals surface area (Å²) in [7, 11) is -4.44. The molecule has 242 valence electrons. The Balaban J connectivity index is 1.84. The third kappa shape index (κ3) is 8.66. The Bertz CT molecular complexity index is 1750. The molecule has 0 radical (unpaired) electrons. The van der Waals surface area contributed by atoms with Crippen LogP contribution in [0.3, 0.4) is 0 Å². The Hall–Kier alpha value is -3.92. The standard InChI is InChI=1S/C35H36Cl2FN3O4S/c1-24(2)21-39-35(43)33(20-26-10-5-4-6-11-26)40(22-28-29(36)12-9-13-30(28)37)34(42)23-41(32-15-8-7-14-31(32)38)46(44,45)27-18-16-25(3)17-19-27/h4-19,24,33H,20-23H2,1-3H3,(H,39,43)/t33-/m0/s1. The number of benzene rings is 4. The van der Waals surface area contributed by atoms with Crippen LogP contribution in [0.5, 0.6) is 0 Å². The van der Waals surface area contributed by atoms with E-state index < -0.39 is 40.2 Å². The predicted molar refractivity (Wildman–Crippen MR) is 181 cm³/mol. The van der Waals surface area contributed by atoms with Gasteiger partial charge in [0.2, 0.25) is 11.8 Å². The molecule has 0 bridgehead atoms. The molecule has 0 aliphatic carbocycles. The van der Waals surface area contributed by atoms with Gasteiger partial charge in [0, 0.05) is 35.1 Å². The van der Waals surface area contributed by atoms with Gasteiger partial charge in [0.1, 0.15) is 18.4 Å². The first-order chi connectivity index (χ1) is 21.9. The van der Waals surface area contributed by atoms with Crippen LogP contribution in [0.1, 0.15) is 30.5 Å². The number of halogens is 3. The van der Waals surface area contributed by atoms with E-state index >= 15 is 4.39 Å². The summed E-state index contributed by atoms with van der Waals surface area (Å²) in [6.45, 7) is 5.04. The van der Waals surface area contributed by atoms with E-state index in [1.165, 1.54) is 35.2 Å². The van der Waals surface area contributed by atoms with Crippen molar-refractivity contribution in [1.82, 2.24) is 10.2 Å². The molecule has 4 rings (SSSR count). The second-order valence-electron chi connectivity index (χ2n) is 11.3. The van der Waals surface area contributed by atoms with E-state index in [1.54, 1.807) is 30.3 Å². The molecule has 2 amide bonds. The van der Waals surface area contributed by atoms with Crippen molar-refractivity contribution in [2.45, 2.75) is 44.7 Å². The number of carbonyl (C=O) groups excluding carboxylic acids is 2. The number of nitrogens with zero attached hydrogens (tertiary/aromatic N) is 2. The number of carbonyl (C=O) groups is 2. The minimum absolute atomic E-state index is 0.114. The predicted octanol–water partition coefficient (Wildman–Crippen LogP) is 7.05. The van der Waals surface area contributed by atoms with Crippen LogP contribution < -0.4 is 9.62 Å². The van der Waals surface area contributed by atoms with E-state index in [4.69, 9.17) is 23.2 Å². The fourth-order valence-electron chi connectivity index (χ4n) is 4.83. The Morgan fingerprint density at radius 3 is 2.07 bits per heavy atom. The number of para-hydroxylation sites is 1. The summed E-state index contributed by atoms with van der Waals surface area (Å²) in [6, 6.07) is 24.3. The van der Waals surface area contributed by atoms with Crippen LogP contribution in [-0.2, 0) is 32.6 Å². The molecule has 11 heteroatoms. The van der Waals surface area contributed by atoms with Crippen molar-refractivity contribution in [3.8, 4) is 0 Å². The molecule has 0 aliphatic rings. The Morgan fingerprint density at radius 1 is 0.848 bits per heavy atom. The van der Waals surface area contributed by atoms with Gasteiger partial charge < -0.3 is 10.2 Å². The number of hydrogen-bond donors (Lipinski definition) is 1. The molecule has 1 atom stereocenters. The lowest BCUT2D eigenvalue weighted by Crippen LogP contribution is -2.54. The van der Waals surface area contributed by atoms with E-state index in [0.717, 1.165) is 21.5 Å². The van der Waals surface area contributed by atoms with Gasteiger partial charge in [-0.25, -0.2) is 12.8 Å². The van der Waals surface area contributed by atoms with Crippen LogP contribution in [0.15, 0.2) is 102 Å². The second kappa shape index (κ2) is 15.6. The SMILES string of the molecule is Cc1ccc(S(=O)(=O)N(CC(=O)N(Cc2c(Cl)cccc2Cl)[C@@H](Cc2ccccc2)C(=O)NCC(C)C)c2ccccc2F)cc1. The third-order valence-electron chi connectivity index (χ3n) is 7.35. The summed E-state index contributed by atoms with van der Waals surface area (Å²) in [6.07, 6.45) is 0.114. The first kappa shape index (κ1) is 34.9. The molecule has 0 fully saturated rings. The molecule has 46 heavy (non-hydrogen) atoms. The smallest absolute Gasteiger partial charge is 0.264 e. The van der Waals surface area contributed by atoms with Crippen LogP contribution in [0.2, 0.25) is 10.0 Å². The fourth-order valence-corrected chi connectivity index (χ4v) is 6.77. The van der Waals surface area contributed by atoms with E-state index in [9.17, 15) is 18.0 Å². The van der Waals surface area contributed by atoms with Gasteiger partial charge in [-0.2, -0.15) is 0 Å². The molecule has 0 aromatic heterocycles. The molecular weight excluding hydrogens is 648 g/mol. The summed E-state index contributed by atoms with van der Waals surface area (Å²) >= 11 is 13.1.